The summed E-state index contributed by atoms with van der Waals surface area (Å²) >= 11 is 0. The highest BCUT2D eigenvalue weighted by Crippen LogP contribution is 2.24. The van der Waals surface area contributed by atoms with E-state index in [1.807, 2.05) is 18.2 Å². The summed E-state index contributed by atoms with van der Waals surface area (Å²) in [7, 11) is 2.09. The Labute approximate surface area is 144 Å². The summed E-state index contributed by atoms with van der Waals surface area (Å²) in [5.74, 6) is 0.247. The van der Waals surface area contributed by atoms with Gasteiger partial charge in [-0.2, -0.15) is 0 Å². The van der Waals surface area contributed by atoms with Crippen LogP contribution in [-0.4, -0.2) is 30.9 Å². The van der Waals surface area contributed by atoms with Crippen LogP contribution in [0.2, 0.25) is 0 Å². The Bertz CT molecular complexity index is 666. The number of likely N-dealkylation sites (tertiary alicyclic amines) is 1. The lowest BCUT2D eigenvalue weighted by molar-refractivity contribution is -0.127. The maximum atomic E-state index is 12.8. The fourth-order valence-electron chi connectivity index (χ4n) is 3.40. The first-order valence-electron chi connectivity index (χ1n) is 8.74. The number of rotatable bonds is 4. The van der Waals surface area contributed by atoms with Crippen LogP contribution >= 0.6 is 0 Å². The molecule has 2 aromatic carbocycles. The van der Waals surface area contributed by atoms with Gasteiger partial charge < -0.3 is 10.2 Å². The standard InChI is InChI=1S/C21H26N2O/c1-16-10-12-18(13-11-16)20(17-7-4-3-5-8-17)22-21(24)19-9-6-14-23(2)15-19/h3-5,7-8,10-13,19-20H,6,9,14-15H2,1-2H3,(H,22,24)/t19-,20+/m0/s1. The van der Waals surface area contributed by atoms with Gasteiger partial charge in [0, 0.05) is 6.54 Å². The normalized spacial score (nSPS) is 19.7. The van der Waals surface area contributed by atoms with Crippen molar-refractivity contribution in [2.75, 3.05) is 20.1 Å². The molecular formula is C21H26N2O. The van der Waals surface area contributed by atoms with Gasteiger partial charge >= 0.3 is 0 Å². The van der Waals surface area contributed by atoms with Crippen molar-refractivity contribution in [3.63, 3.8) is 0 Å². The van der Waals surface area contributed by atoms with Gasteiger partial charge in [0.05, 0.1) is 12.0 Å². The van der Waals surface area contributed by atoms with Crippen LogP contribution in [0.1, 0.15) is 35.6 Å². The first-order chi connectivity index (χ1) is 11.6. The molecule has 0 aromatic heterocycles. The smallest absolute Gasteiger partial charge is 0.225 e. The second-order valence-electron chi connectivity index (χ2n) is 6.86. The molecule has 1 heterocycles. The maximum absolute atomic E-state index is 12.8. The molecule has 1 N–H and O–H groups in total. The highest BCUT2D eigenvalue weighted by atomic mass is 16.2. The lowest BCUT2D eigenvalue weighted by Crippen LogP contribution is -2.42. The van der Waals surface area contributed by atoms with E-state index >= 15 is 0 Å². The molecule has 0 unspecified atom stereocenters. The molecule has 1 aliphatic rings. The summed E-state index contributed by atoms with van der Waals surface area (Å²) in [5.41, 5.74) is 3.48. The number of hydrogen-bond donors (Lipinski definition) is 1. The number of piperidine rings is 1. The third kappa shape index (κ3) is 4.04. The third-order valence-corrected chi connectivity index (χ3v) is 4.83. The molecule has 2 atom stereocenters. The maximum Gasteiger partial charge on any atom is 0.225 e. The van der Waals surface area contributed by atoms with E-state index in [2.05, 4.69) is 60.6 Å². The molecule has 3 nitrogen and oxygen atoms in total. The number of carbonyl (C=O) groups excluding carboxylic acids is 1. The molecule has 0 saturated carbocycles. The van der Waals surface area contributed by atoms with Crippen LogP contribution in [-0.2, 0) is 4.79 Å². The monoisotopic (exact) mass is 322 g/mol. The summed E-state index contributed by atoms with van der Waals surface area (Å²) in [6.07, 6.45) is 2.07. The van der Waals surface area contributed by atoms with E-state index in [4.69, 9.17) is 0 Å². The number of nitrogens with zero attached hydrogens (tertiary/aromatic N) is 1. The summed E-state index contributed by atoms with van der Waals surface area (Å²) in [6, 6.07) is 18.6. The summed E-state index contributed by atoms with van der Waals surface area (Å²) in [4.78, 5) is 15.1. The number of aryl methyl sites for hydroxylation is 1. The fraction of sp³-hybridized carbons (Fsp3) is 0.381. The largest absolute Gasteiger partial charge is 0.345 e. The Balaban J connectivity index is 1.82. The SMILES string of the molecule is Cc1ccc([C@H](NC(=O)[C@H]2CCCN(C)C2)c2ccccc2)cc1. The van der Waals surface area contributed by atoms with Crippen molar-refractivity contribution >= 4 is 5.91 Å². The molecule has 1 saturated heterocycles. The Hall–Kier alpha value is -2.13. The van der Waals surface area contributed by atoms with Gasteiger partial charge in [-0.3, -0.25) is 4.79 Å². The second kappa shape index (κ2) is 7.63. The van der Waals surface area contributed by atoms with Crippen LogP contribution in [0.5, 0.6) is 0 Å². The van der Waals surface area contributed by atoms with Crippen LogP contribution in [0, 0.1) is 12.8 Å². The van der Waals surface area contributed by atoms with Gasteiger partial charge in [-0.25, -0.2) is 0 Å². The lowest BCUT2D eigenvalue weighted by Gasteiger charge is -2.30. The fourth-order valence-corrected chi connectivity index (χ4v) is 3.40. The zero-order chi connectivity index (χ0) is 16.9. The molecular weight excluding hydrogens is 296 g/mol. The van der Waals surface area contributed by atoms with Crippen molar-refractivity contribution in [3.05, 3.63) is 71.3 Å². The van der Waals surface area contributed by atoms with E-state index in [1.165, 1.54) is 5.56 Å². The minimum atomic E-state index is -0.0912. The van der Waals surface area contributed by atoms with E-state index in [-0.39, 0.29) is 17.9 Å². The molecule has 3 heteroatoms. The van der Waals surface area contributed by atoms with Gasteiger partial charge in [0.2, 0.25) is 5.91 Å². The van der Waals surface area contributed by atoms with E-state index in [1.54, 1.807) is 0 Å². The predicted octanol–water partition coefficient (Wildman–Crippen LogP) is 3.54. The molecule has 2 aromatic rings. The average molecular weight is 322 g/mol. The molecule has 3 rings (SSSR count). The quantitative estimate of drug-likeness (QED) is 0.934. The Kier molecular flexibility index (Phi) is 5.31. The van der Waals surface area contributed by atoms with Crippen LogP contribution in [0.3, 0.4) is 0 Å². The van der Waals surface area contributed by atoms with Crippen molar-refractivity contribution in [1.82, 2.24) is 10.2 Å². The number of carbonyl (C=O) groups is 1. The van der Waals surface area contributed by atoms with E-state index in [0.717, 1.165) is 37.1 Å². The van der Waals surface area contributed by atoms with Crippen LogP contribution in [0.25, 0.3) is 0 Å². The molecule has 0 radical (unpaired) electrons. The Morgan fingerprint density at radius 2 is 1.75 bits per heavy atom. The Morgan fingerprint density at radius 1 is 1.08 bits per heavy atom. The van der Waals surface area contributed by atoms with E-state index in [9.17, 15) is 4.79 Å². The number of benzene rings is 2. The zero-order valence-corrected chi connectivity index (χ0v) is 14.5. The van der Waals surface area contributed by atoms with Crippen molar-refractivity contribution in [2.45, 2.75) is 25.8 Å². The summed E-state index contributed by atoms with van der Waals surface area (Å²) in [6.45, 7) is 4.02. The van der Waals surface area contributed by atoms with Crippen LogP contribution < -0.4 is 5.32 Å². The van der Waals surface area contributed by atoms with Gasteiger partial charge in [-0.1, -0.05) is 60.2 Å². The highest BCUT2D eigenvalue weighted by molar-refractivity contribution is 5.80. The molecule has 126 valence electrons. The average Bonchev–Trinajstić information content (AvgIpc) is 2.61. The van der Waals surface area contributed by atoms with Crippen molar-refractivity contribution < 1.29 is 4.79 Å². The van der Waals surface area contributed by atoms with Crippen LogP contribution in [0.4, 0.5) is 0 Å². The number of hydrogen-bond acceptors (Lipinski definition) is 2. The van der Waals surface area contributed by atoms with Gasteiger partial charge in [-0.05, 0) is 44.5 Å². The van der Waals surface area contributed by atoms with Crippen LogP contribution in [0.15, 0.2) is 54.6 Å². The predicted molar refractivity (Wildman–Crippen MR) is 97.8 cm³/mol. The van der Waals surface area contributed by atoms with Crippen molar-refractivity contribution in [1.29, 1.82) is 0 Å². The number of amides is 1. The first kappa shape index (κ1) is 16.7. The summed E-state index contributed by atoms with van der Waals surface area (Å²) in [5, 5.41) is 3.29. The molecule has 0 spiro atoms. The number of nitrogens with one attached hydrogen (secondary N) is 1. The topological polar surface area (TPSA) is 32.3 Å². The third-order valence-electron chi connectivity index (χ3n) is 4.83. The van der Waals surface area contributed by atoms with Gasteiger partial charge in [0.1, 0.15) is 0 Å². The molecule has 0 bridgehead atoms. The molecule has 1 amide bonds. The molecule has 0 aliphatic carbocycles. The minimum Gasteiger partial charge on any atom is -0.345 e. The molecule has 1 aliphatic heterocycles. The molecule has 1 fully saturated rings. The first-order valence-corrected chi connectivity index (χ1v) is 8.74. The summed E-state index contributed by atoms with van der Waals surface area (Å²) < 4.78 is 0. The molecule has 24 heavy (non-hydrogen) atoms. The minimum absolute atomic E-state index is 0.0837. The van der Waals surface area contributed by atoms with Gasteiger partial charge in [-0.15, -0.1) is 0 Å². The van der Waals surface area contributed by atoms with Crippen molar-refractivity contribution in [2.24, 2.45) is 5.92 Å². The zero-order valence-electron chi connectivity index (χ0n) is 14.5. The lowest BCUT2D eigenvalue weighted by atomic mass is 9.94. The van der Waals surface area contributed by atoms with Gasteiger partial charge in [0.15, 0.2) is 0 Å². The van der Waals surface area contributed by atoms with E-state index in [0.29, 0.717) is 0 Å². The second-order valence-corrected chi connectivity index (χ2v) is 6.86. The Morgan fingerprint density at radius 3 is 2.42 bits per heavy atom. The van der Waals surface area contributed by atoms with Crippen molar-refractivity contribution in [3.8, 4) is 0 Å². The highest BCUT2D eigenvalue weighted by Gasteiger charge is 2.26. The van der Waals surface area contributed by atoms with Gasteiger partial charge in [0.25, 0.3) is 0 Å². The van der Waals surface area contributed by atoms with E-state index < -0.39 is 0 Å².